The Morgan fingerprint density at radius 1 is 1.14 bits per heavy atom. The van der Waals surface area contributed by atoms with Gasteiger partial charge in [-0.15, -0.1) is 0 Å². The highest BCUT2D eigenvalue weighted by molar-refractivity contribution is 7.89. The molecular formula is C16H24N2O2S. The van der Waals surface area contributed by atoms with E-state index in [1.54, 1.807) is 6.92 Å². The lowest BCUT2D eigenvalue weighted by atomic mass is 9.96. The summed E-state index contributed by atoms with van der Waals surface area (Å²) in [6.07, 6.45) is 4.59. The number of nitrogens with one attached hydrogen (secondary N) is 1. The van der Waals surface area contributed by atoms with Gasteiger partial charge in [-0.3, -0.25) is 0 Å². The summed E-state index contributed by atoms with van der Waals surface area (Å²) in [6.45, 7) is 5.55. The van der Waals surface area contributed by atoms with Gasteiger partial charge in [-0.2, -0.15) is 0 Å². The lowest BCUT2D eigenvalue weighted by Gasteiger charge is -2.24. The van der Waals surface area contributed by atoms with Gasteiger partial charge in [0.05, 0.1) is 4.90 Å². The Morgan fingerprint density at radius 3 is 2.43 bits per heavy atom. The zero-order valence-corrected chi connectivity index (χ0v) is 13.8. The van der Waals surface area contributed by atoms with Gasteiger partial charge in [0.2, 0.25) is 10.0 Å². The van der Waals surface area contributed by atoms with Crippen LogP contribution >= 0.6 is 0 Å². The van der Waals surface area contributed by atoms with Gasteiger partial charge in [-0.1, -0.05) is 6.42 Å². The van der Waals surface area contributed by atoms with E-state index < -0.39 is 10.0 Å². The molecule has 2 bridgehead atoms. The van der Waals surface area contributed by atoms with Crippen LogP contribution in [0.4, 0.5) is 5.69 Å². The molecule has 1 aromatic rings. The minimum absolute atomic E-state index is 0.106. The first kappa shape index (κ1) is 14.9. The van der Waals surface area contributed by atoms with Gasteiger partial charge in [-0.05, 0) is 74.6 Å². The highest BCUT2D eigenvalue weighted by Crippen LogP contribution is 2.45. The fourth-order valence-electron chi connectivity index (χ4n) is 4.09. The summed E-state index contributed by atoms with van der Waals surface area (Å²) < 4.78 is 28.6. The predicted octanol–water partition coefficient (Wildman–Crippen LogP) is 2.66. The minimum atomic E-state index is -3.50. The average Bonchev–Trinajstić information content (AvgIpc) is 2.98. The van der Waals surface area contributed by atoms with Crippen molar-refractivity contribution in [1.82, 2.24) is 4.72 Å². The topological polar surface area (TPSA) is 72.2 Å². The Hall–Kier alpha value is -1.07. The number of nitrogens with two attached hydrogens (primary N) is 1. The normalized spacial score (nSPS) is 28.2. The monoisotopic (exact) mass is 308 g/mol. The first-order chi connectivity index (χ1) is 9.79. The fourth-order valence-corrected chi connectivity index (χ4v) is 5.98. The highest BCUT2D eigenvalue weighted by Gasteiger charge is 2.41. The Balaban J connectivity index is 1.96. The molecule has 3 unspecified atom stereocenters. The molecule has 116 valence electrons. The van der Waals surface area contributed by atoms with Crippen LogP contribution in [0.3, 0.4) is 0 Å². The van der Waals surface area contributed by atoms with Crippen molar-refractivity contribution < 1.29 is 8.42 Å². The molecule has 0 amide bonds. The summed E-state index contributed by atoms with van der Waals surface area (Å²) in [5.41, 5.74) is 8.90. The molecule has 3 N–H and O–H groups in total. The first-order valence-electron chi connectivity index (χ1n) is 7.68. The van der Waals surface area contributed by atoms with Gasteiger partial charge < -0.3 is 5.73 Å². The number of aryl methyl sites for hydroxylation is 1. The van der Waals surface area contributed by atoms with E-state index in [9.17, 15) is 8.42 Å². The lowest BCUT2D eigenvalue weighted by molar-refractivity contribution is 0.390. The summed E-state index contributed by atoms with van der Waals surface area (Å²) in [4.78, 5) is 0.378. The Kier molecular flexibility index (Phi) is 3.53. The molecule has 0 saturated heterocycles. The third-order valence-corrected chi connectivity index (χ3v) is 7.15. The van der Waals surface area contributed by atoms with Gasteiger partial charge in [0, 0.05) is 11.7 Å². The van der Waals surface area contributed by atoms with Crippen LogP contribution in [0.2, 0.25) is 0 Å². The Labute approximate surface area is 127 Å². The highest BCUT2D eigenvalue weighted by atomic mass is 32.2. The van der Waals surface area contributed by atoms with E-state index in [1.807, 2.05) is 19.9 Å². The van der Waals surface area contributed by atoms with Gasteiger partial charge in [-0.25, -0.2) is 13.1 Å². The number of anilines is 1. The van der Waals surface area contributed by atoms with Crippen LogP contribution in [0.1, 0.15) is 42.4 Å². The number of hydrogen-bond acceptors (Lipinski definition) is 3. The third-order valence-electron chi connectivity index (χ3n) is 5.39. The van der Waals surface area contributed by atoms with Crippen molar-refractivity contribution in [1.29, 1.82) is 0 Å². The van der Waals surface area contributed by atoms with Crippen LogP contribution in [0.15, 0.2) is 11.0 Å². The molecule has 0 aromatic heterocycles. The third kappa shape index (κ3) is 2.46. The molecule has 2 aliphatic carbocycles. The molecular weight excluding hydrogens is 284 g/mol. The number of fused-ring (bicyclic) bond motifs is 2. The molecule has 0 spiro atoms. The summed E-state index contributed by atoms with van der Waals surface area (Å²) in [5.74, 6) is 1.24. The van der Waals surface area contributed by atoms with Crippen molar-refractivity contribution in [2.24, 2.45) is 11.8 Å². The van der Waals surface area contributed by atoms with Crippen LogP contribution in [0.25, 0.3) is 0 Å². The van der Waals surface area contributed by atoms with E-state index in [0.717, 1.165) is 24.0 Å². The van der Waals surface area contributed by atoms with Crippen LogP contribution in [-0.4, -0.2) is 14.5 Å². The van der Waals surface area contributed by atoms with E-state index in [-0.39, 0.29) is 6.04 Å². The maximum Gasteiger partial charge on any atom is 0.241 e. The van der Waals surface area contributed by atoms with E-state index in [2.05, 4.69) is 4.72 Å². The molecule has 3 rings (SSSR count). The molecule has 0 aliphatic heterocycles. The van der Waals surface area contributed by atoms with E-state index in [4.69, 9.17) is 5.73 Å². The fraction of sp³-hybridized carbons (Fsp3) is 0.625. The second-order valence-corrected chi connectivity index (χ2v) is 8.42. The van der Waals surface area contributed by atoms with Gasteiger partial charge in [0.25, 0.3) is 0 Å². The van der Waals surface area contributed by atoms with Gasteiger partial charge in [0.15, 0.2) is 0 Å². The van der Waals surface area contributed by atoms with Crippen molar-refractivity contribution in [2.45, 2.75) is 57.4 Å². The number of sulfonamides is 1. The second kappa shape index (κ2) is 4.99. The number of hydrogen-bond donors (Lipinski definition) is 2. The molecule has 2 fully saturated rings. The molecule has 21 heavy (non-hydrogen) atoms. The van der Waals surface area contributed by atoms with Crippen molar-refractivity contribution in [3.63, 3.8) is 0 Å². The summed E-state index contributed by atoms with van der Waals surface area (Å²) >= 11 is 0. The van der Waals surface area contributed by atoms with Gasteiger partial charge in [0.1, 0.15) is 0 Å². The van der Waals surface area contributed by atoms with Crippen LogP contribution in [-0.2, 0) is 10.0 Å². The number of rotatable bonds is 3. The molecule has 5 heteroatoms. The van der Waals surface area contributed by atoms with Crippen molar-refractivity contribution in [2.75, 3.05) is 5.73 Å². The smallest absolute Gasteiger partial charge is 0.241 e. The SMILES string of the molecule is Cc1cc(N)c(C)c(S(=O)(=O)NC2CC3CCC2C3)c1C. The maximum absolute atomic E-state index is 12.8. The molecule has 0 heterocycles. The standard InChI is InChI=1S/C16H24N2O2S/c1-9-6-14(17)11(3)16(10(9)2)21(19,20)18-15-8-12-4-5-13(15)7-12/h6,12-13,15,18H,4-5,7-8,17H2,1-3H3. The molecule has 4 nitrogen and oxygen atoms in total. The zero-order chi connectivity index (χ0) is 15.4. The van der Waals surface area contributed by atoms with Crippen LogP contribution < -0.4 is 10.5 Å². The number of benzene rings is 1. The van der Waals surface area contributed by atoms with E-state index in [0.29, 0.717) is 28.0 Å². The number of nitrogen functional groups attached to an aromatic ring is 1. The summed E-state index contributed by atoms with van der Waals surface area (Å²) in [7, 11) is -3.50. The molecule has 2 saturated carbocycles. The van der Waals surface area contributed by atoms with E-state index >= 15 is 0 Å². The molecule has 3 atom stereocenters. The van der Waals surface area contributed by atoms with Crippen molar-refractivity contribution in [3.8, 4) is 0 Å². The predicted molar refractivity (Wildman–Crippen MR) is 84.6 cm³/mol. The van der Waals surface area contributed by atoms with Gasteiger partial charge >= 0.3 is 0 Å². The zero-order valence-electron chi connectivity index (χ0n) is 12.9. The Bertz CT molecular complexity index is 656. The largest absolute Gasteiger partial charge is 0.398 e. The second-order valence-electron chi connectivity index (χ2n) is 6.76. The average molecular weight is 308 g/mol. The quantitative estimate of drug-likeness (QED) is 0.843. The van der Waals surface area contributed by atoms with Crippen LogP contribution in [0, 0.1) is 32.6 Å². The van der Waals surface area contributed by atoms with E-state index in [1.165, 1.54) is 12.8 Å². The maximum atomic E-state index is 12.8. The minimum Gasteiger partial charge on any atom is -0.398 e. The summed E-state index contributed by atoms with van der Waals surface area (Å²) in [5, 5.41) is 0. The molecule has 0 radical (unpaired) electrons. The van der Waals surface area contributed by atoms with Crippen molar-refractivity contribution in [3.05, 3.63) is 22.8 Å². The van der Waals surface area contributed by atoms with Crippen LogP contribution in [0.5, 0.6) is 0 Å². The first-order valence-corrected chi connectivity index (χ1v) is 9.16. The molecule has 1 aromatic carbocycles. The Morgan fingerprint density at radius 2 is 1.86 bits per heavy atom. The lowest BCUT2D eigenvalue weighted by Crippen LogP contribution is -2.39. The van der Waals surface area contributed by atoms with Crippen molar-refractivity contribution >= 4 is 15.7 Å². The summed E-state index contributed by atoms with van der Waals surface area (Å²) in [6, 6.07) is 1.95. The molecule has 2 aliphatic rings.